The molecular weight excluding hydrogens is 210 g/mol. The normalized spacial score (nSPS) is 15.6. The van der Waals surface area contributed by atoms with E-state index >= 15 is 0 Å². The van der Waals surface area contributed by atoms with Gasteiger partial charge >= 0.3 is 5.97 Å². The third-order valence-electron chi connectivity index (χ3n) is 1.54. The van der Waals surface area contributed by atoms with E-state index in [1.807, 2.05) is 0 Å². The van der Waals surface area contributed by atoms with E-state index < -0.39 is 17.4 Å². The molecule has 0 aliphatic carbocycles. The number of carbonyl (C=O) groups excluding carboxylic acids is 1. The molecule has 2 N–H and O–H groups in total. The predicted octanol–water partition coefficient (Wildman–Crippen LogP) is 0.870. The lowest BCUT2D eigenvalue weighted by Crippen LogP contribution is -2.46. The van der Waals surface area contributed by atoms with Gasteiger partial charge in [-0.1, -0.05) is 0 Å². The number of hydrogen-bond donors (Lipinski definition) is 1. The van der Waals surface area contributed by atoms with E-state index in [0.29, 0.717) is 6.61 Å². The van der Waals surface area contributed by atoms with Crippen molar-refractivity contribution >= 4 is 5.97 Å². The van der Waals surface area contributed by atoms with Gasteiger partial charge in [-0.25, -0.2) is 4.79 Å². The average molecular weight is 232 g/mol. The molecule has 0 heterocycles. The molecule has 0 aromatic rings. The van der Waals surface area contributed by atoms with Crippen molar-refractivity contribution in [3.63, 3.8) is 0 Å². The molecule has 0 saturated heterocycles. The monoisotopic (exact) mass is 232 g/mol. The smallest absolute Gasteiger partial charge is 0.367 e. The molecule has 0 aromatic carbocycles. The number of ether oxygens (including phenoxy) is 3. The van der Waals surface area contributed by atoms with Gasteiger partial charge in [-0.2, -0.15) is 0 Å². The van der Waals surface area contributed by atoms with Crippen LogP contribution in [0.1, 0.15) is 27.7 Å². The van der Waals surface area contributed by atoms with Crippen LogP contribution < -0.4 is 5.73 Å². The molecule has 0 bridgehead atoms. The first-order valence-corrected chi connectivity index (χ1v) is 5.32. The van der Waals surface area contributed by atoms with Gasteiger partial charge in [0, 0.05) is 20.1 Å². The van der Waals surface area contributed by atoms with Crippen LogP contribution >= 0.6 is 0 Å². The molecule has 95 valence electrons. The van der Waals surface area contributed by atoms with Crippen molar-refractivity contribution in [1.82, 2.24) is 0 Å². The van der Waals surface area contributed by atoms with Crippen molar-refractivity contribution in [2.24, 2.45) is 5.73 Å². The molecule has 5 heteroatoms. The highest BCUT2D eigenvalue weighted by molar-refractivity contribution is 5.79. The van der Waals surface area contributed by atoms with Crippen LogP contribution in [-0.2, 0) is 19.0 Å². The molecule has 0 aliphatic heterocycles. The van der Waals surface area contributed by atoms with E-state index in [1.165, 1.54) is 0 Å². The highest BCUT2D eigenvalue weighted by atomic mass is 16.7. The van der Waals surface area contributed by atoms with Gasteiger partial charge < -0.3 is 19.9 Å². The summed E-state index contributed by atoms with van der Waals surface area (Å²) in [7, 11) is 0. The second kappa shape index (κ2) is 6.18. The van der Waals surface area contributed by atoms with Gasteiger partial charge in [-0.15, -0.1) is 0 Å². The number of nitrogens with two attached hydrogens (primary N) is 1. The van der Waals surface area contributed by atoms with Gasteiger partial charge in [0.1, 0.15) is 5.60 Å². The van der Waals surface area contributed by atoms with Crippen LogP contribution in [0.2, 0.25) is 0 Å². The number of hydrogen-bond acceptors (Lipinski definition) is 5. The first kappa shape index (κ1) is 15.3. The summed E-state index contributed by atoms with van der Waals surface area (Å²) < 4.78 is 15.5. The van der Waals surface area contributed by atoms with E-state index in [4.69, 9.17) is 19.9 Å². The van der Waals surface area contributed by atoms with Crippen molar-refractivity contribution in [2.45, 2.75) is 39.1 Å². The third-order valence-corrected chi connectivity index (χ3v) is 1.54. The Morgan fingerprint density at radius 1 is 1.31 bits per heavy atom. The Labute approximate surface area is 97.2 Å². The van der Waals surface area contributed by atoms with Gasteiger partial charge in [-0.05, 0) is 27.7 Å². The molecule has 0 fully saturated rings. The van der Waals surface area contributed by atoms with Gasteiger partial charge in [-0.3, -0.25) is 0 Å². The number of carbonyl (C=O) groups is 1. The van der Waals surface area contributed by atoms with Crippen molar-refractivity contribution in [2.75, 3.05) is 19.8 Å². The predicted molar refractivity (Wildman–Crippen MR) is 60.6 cm³/mol. The minimum absolute atomic E-state index is 0.183. The highest BCUT2D eigenvalue weighted by Gasteiger charge is 2.39. The maximum Gasteiger partial charge on any atom is 0.367 e. The zero-order valence-corrected chi connectivity index (χ0v) is 10.5. The summed E-state index contributed by atoms with van der Waals surface area (Å²) in [5.41, 5.74) is 4.69. The summed E-state index contributed by atoms with van der Waals surface area (Å²) in [5.74, 6) is -2.27. The topological polar surface area (TPSA) is 70.8 Å². The van der Waals surface area contributed by atoms with Crippen LogP contribution in [0.25, 0.3) is 0 Å². The number of rotatable bonds is 6. The SMILES string of the molecule is [CH2]C(OCC)(OCCN)C(=O)OC(C)(C)C. The fraction of sp³-hybridized carbons (Fsp3) is 0.818. The van der Waals surface area contributed by atoms with Crippen molar-refractivity contribution in [3.05, 3.63) is 6.92 Å². The fourth-order valence-corrected chi connectivity index (χ4v) is 0.972. The number of esters is 1. The Morgan fingerprint density at radius 2 is 1.88 bits per heavy atom. The molecule has 1 radical (unpaired) electrons. The maximum absolute atomic E-state index is 11.8. The van der Waals surface area contributed by atoms with Crippen molar-refractivity contribution < 1.29 is 19.0 Å². The Kier molecular flexibility index (Phi) is 5.92. The van der Waals surface area contributed by atoms with E-state index in [1.54, 1.807) is 27.7 Å². The molecule has 0 rings (SSSR count). The summed E-state index contributed by atoms with van der Waals surface area (Å²) in [6.45, 7) is 11.4. The zero-order chi connectivity index (χ0) is 12.8. The van der Waals surface area contributed by atoms with Crippen LogP contribution in [0.15, 0.2) is 0 Å². The third kappa shape index (κ3) is 5.44. The summed E-state index contributed by atoms with van der Waals surface area (Å²) in [6.07, 6.45) is 0. The Hall–Kier alpha value is -0.650. The van der Waals surface area contributed by atoms with E-state index in [-0.39, 0.29) is 13.2 Å². The first-order valence-electron chi connectivity index (χ1n) is 5.32. The van der Waals surface area contributed by atoms with E-state index in [0.717, 1.165) is 0 Å². The van der Waals surface area contributed by atoms with Gasteiger partial charge in [0.25, 0.3) is 5.79 Å². The van der Waals surface area contributed by atoms with Gasteiger partial charge in [0.2, 0.25) is 0 Å². The molecule has 1 atom stereocenters. The quantitative estimate of drug-likeness (QED) is 0.543. The Bertz CT molecular complexity index is 225. The molecule has 5 nitrogen and oxygen atoms in total. The molecule has 1 unspecified atom stereocenters. The molecular formula is C11H22NO4. The van der Waals surface area contributed by atoms with Crippen LogP contribution in [0.3, 0.4) is 0 Å². The lowest BCUT2D eigenvalue weighted by molar-refractivity contribution is -0.234. The molecule has 0 aromatic heterocycles. The summed E-state index contributed by atoms with van der Waals surface area (Å²) in [6, 6.07) is 0. The lowest BCUT2D eigenvalue weighted by Gasteiger charge is -2.30. The largest absolute Gasteiger partial charge is 0.456 e. The first-order chi connectivity index (χ1) is 7.25. The minimum atomic E-state index is -1.62. The fourth-order valence-electron chi connectivity index (χ4n) is 0.972. The molecule has 16 heavy (non-hydrogen) atoms. The summed E-state index contributed by atoms with van der Waals surface area (Å²) >= 11 is 0. The van der Waals surface area contributed by atoms with Gasteiger partial charge in [0.15, 0.2) is 0 Å². The molecule has 0 aliphatic rings. The second-order valence-electron chi connectivity index (χ2n) is 4.32. The Morgan fingerprint density at radius 3 is 2.25 bits per heavy atom. The zero-order valence-electron chi connectivity index (χ0n) is 10.5. The van der Waals surface area contributed by atoms with E-state index in [9.17, 15) is 4.79 Å². The highest BCUT2D eigenvalue weighted by Crippen LogP contribution is 2.18. The van der Waals surface area contributed by atoms with Gasteiger partial charge in [0.05, 0.1) is 6.61 Å². The van der Waals surface area contributed by atoms with Crippen LogP contribution in [0.5, 0.6) is 0 Å². The standard InChI is InChI=1S/C11H22NO4/c1-6-14-11(5,15-8-7-12)9(13)16-10(2,3)4/h5-8,12H2,1-4H3. The average Bonchev–Trinajstić information content (AvgIpc) is 2.12. The second-order valence-corrected chi connectivity index (χ2v) is 4.32. The van der Waals surface area contributed by atoms with E-state index in [2.05, 4.69) is 6.92 Å². The van der Waals surface area contributed by atoms with Crippen molar-refractivity contribution in [3.8, 4) is 0 Å². The van der Waals surface area contributed by atoms with Crippen LogP contribution in [0, 0.1) is 6.92 Å². The Balaban J connectivity index is 4.56. The summed E-state index contributed by atoms with van der Waals surface area (Å²) in [5, 5.41) is 0. The van der Waals surface area contributed by atoms with Crippen molar-refractivity contribution in [1.29, 1.82) is 0 Å². The maximum atomic E-state index is 11.8. The van der Waals surface area contributed by atoms with Crippen LogP contribution in [0.4, 0.5) is 0 Å². The summed E-state index contributed by atoms with van der Waals surface area (Å²) in [4.78, 5) is 11.8. The molecule has 0 amide bonds. The lowest BCUT2D eigenvalue weighted by atomic mass is 10.2. The minimum Gasteiger partial charge on any atom is -0.456 e. The molecule has 0 spiro atoms. The molecule has 0 saturated carbocycles. The van der Waals surface area contributed by atoms with Crippen LogP contribution in [-0.4, -0.2) is 37.1 Å².